The Morgan fingerprint density at radius 1 is 1.36 bits per heavy atom. The highest BCUT2D eigenvalue weighted by molar-refractivity contribution is 6.04. The van der Waals surface area contributed by atoms with Crippen LogP contribution in [-0.4, -0.2) is 58.1 Å². The number of nitrogens with zero attached hydrogens (tertiary/aromatic N) is 3. The van der Waals surface area contributed by atoms with E-state index in [0.29, 0.717) is 0 Å². The molecule has 4 rings (SSSR count). The van der Waals surface area contributed by atoms with Crippen LogP contribution in [0.3, 0.4) is 0 Å². The molecule has 0 bridgehead atoms. The summed E-state index contributed by atoms with van der Waals surface area (Å²) >= 11 is 0. The molecule has 3 aromatic rings. The number of methoxy groups -OCH3 is 1. The lowest BCUT2D eigenvalue weighted by Crippen LogP contribution is -2.21. The summed E-state index contributed by atoms with van der Waals surface area (Å²) in [6.45, 7) is -2.87. The van der Waals surface area contributed by atoms with Crippen molar-refractivity contribution in [1.82, 2.24) is 20.1 Å². The van der Waals surface area contributed by atoms with Gasteiger partial charge in [0.05, 0.1) is 35.2 Å². The van der Waals surface area contributed by atoms with E-state index >= 15 is 0 Å². The average Bonchev–Trinajstić information content (AvgIpc) is 3.48. The predicted octanol–water partition coefficient (Wildman–Crippen LogP) is 2.97. The summed E-state index contributed by atoms with van der Waals surface area (Å²) in [4.78, 5) is 28.8. The van der Waals surface area contributed by atoms with E-state index in [4.69, 9.17) is 8.85 Å². The first kappa shape index (κ1) is 21.4. The number of hydrogen-bond acceptors (Lipinski definition) is 7. The lowest BCUT2D eigenvalue weighted by atomic mass is 10.0. The highest BCUT2D eigenvalue weighted by Crippen LogP contribution is 2.43. The van der Waals surface area contributed by atoms with Crippen molar-refractivity contribution in [2.24, 2.45) is 13.0 Å². The van der Waals surface area contributed by atoms with E-state index in [1.165, 1.54) is 17.8 Å². The van der Waals surface area contributed by atoms with E-state index in [-0.39, 0.29) is 46.0 Å². The molecule has 0 spiro atoms. The number of ether oxygens (including phenoxy) is 1. The molecule has 0 saturated heterocycles. The first-order valence-corrected chi connectivity index (χ1v) is 10.4. The number of aryl methyl sites for hydroxylation is 1. The molecule has 4 N–H and O–H groups in total. The van der Waals surface area contributed by atoms with Crippen LogP contribution < -0.4 is 20.7 Å². The highest BCUT2D eigenvalue weighted by atomic mass is 19.4. The Hall–Kier alpha value is -3.94. The molecule has 0 unspecified atom stereocenters. The minimum Gasteiger partial charge on any atom is -0.496 e. The fraction of sp³-hybridized carbons (Fsp3) is 0.364. The molecule has 10 nitrogen and oxygen atoms in total. The number of aliphatic hydroxyl groups excluding tert-OH is 1. The van der Waals surface area contributed by atoms with Gasteiger partial charge < -0.3 is 25.8 Å². The number of pyridine rings is 1. The SMILES string of the molecule is [2H]C([2H])([2H])NC(=O)c1cnc(NC(=O)[C@@H]2C[C@@H]2F)cc1Nc1nn(C)c2ccc([C@H](O)C(F)(F)F)c(OC)c12. The standard InChI is InChI=1S/C22H22F4N6O4/c1-27-20(34)11-8-28-15(30-21(35)10-6-12(10)23)7-13(11)29-19-16-14(32(2)31-19)5-4-9(17(16)36-3)18(33)22(24,25)26/h4-5,7-8,10,12,18,33H,6H2,1-3H3,(H,27,34)(H2,28,29,30,31,35)/t10-,12+,18+/m1/s1/i1D3. The minimum absolute atomic E-state index is 0.00336. The van der Waals surface area contributed by atoms with Crippen molar-refractivity contribution in [1.29, 1.82) is 0 Å². The van der Waals surface area contributed by atoms with Crippen molar-refractivity contribution in [3.63, 3.8) is 0 Å². The molecule has 2 heterocycles. The number of hydrogen-bond donors (Lipinski definition) is 4. The van der Waals surface area contributed by atoms with Crippen LogP contribution >= 0.6 is 0 Å². The molecule has 1 fully saturated rings. The van der Waals surface area contributed by atoms with Gasteiger partial charge in [-0.3, -0.25) is 14.3 Å². The van der Waals surface area contributed by atoms with Gasteiger partial charge in [0.2, 0.25) is 5.91 Å². The van der Waals surface area contributed by atoms with Crippen molar-refractivity contribution in [3.05, 3.63) is 35.5 Å². The number of nitrogens with one attached hydrogen (secondary N) is 3. The number of rotatable bonds is 7. The number of carbonyl (C=O) groups is 2. The molecule has 1 saturated carbocycles. The third-order valence-corrected chi connectivity index (χ3v) is 5.63. The smallest absolute Gasteiger partial charge is 0.418 e. The van der Waals surface area contributed by atoms with Crippen LogP contribution in [0.5, 0.6) is 5.75 Å². The summed E-state index contributed by atoms with van der Waals surface area (Å²) in [7, 11) is 2.58. The van der Waals surface area contributed by atoms with Crippen LogP contribution in [0.15, 0.2) is 24.4 Å². The number of benzene rings is 1. The van der Waals surface area contributed by atoms with Gasteiger partial charge in [0.1, 0.15) is 17.7 Å². The average molecular weight is 513 g/mol. The summed E-state index contributed by atoms with van der Waals surface area (Å²) in [6, 6.07) is 3.48. The monoisotopic (exact) mass is 513 g/mol. The van der Waals surface area contributed by atoms with Gasteiger partial charge in [0.25, 0.3) is 5.91 Å². The van der Waals surface area contributed by atoms with E-state index < -0.39 is 48.7 Å². The number of aromatic nitrogens is 3. The highest BCUT2D eigenvalue weighted by Gasteiger charge is 2.44. The Bertz CT molecular complexity index is 1450. The van der Waals surface area contributed by atoms with Crippen molar-refractivity contribution < 1.29 is 41.1 Å². The molecule has 1 aromatic carbocycles. The maximum atomic E-state index is 13.3. The van der Waals surface area contributed by atoms with Crippen LogP contribution in [-0.2, 0) is 11.8 Å². The van der Waals surface area contributed by atoms with Crippen LogP contribution in [0.1, 0.15) is 32.6 Å². The first-order valence-electron chi connectivity index (χ1n) is 11.9. The Labute approximate surface area is 205 Å². The number of aliphatic hydroxyl groups is 1. The molecule has 3 atom stereocenters. The predicted molar refractivity (Wildman–Crippen MR) is 121 cm³/mol. The van der Waals surface area contributed by atoms with E-state index in [1.807, 2.05) is 0 Å². The molecule has 36 heavy (non-hydrogen) atoms. The molecule has 192 valence electrons. The Morgan fingerprint density at radius 3 is 2.69 bits per heavy atom. The molecule has 14 heteroatoms. The summed E-state index contributed by atoms with van der Waals surface area (Å²) in [6.07, 6.45) is -8.17. The van der Waals surface area contributed by atoms with Gasteiger partial charge in [0.15, 0.2) is 11.9 Å². The van der Waals surface area contributed by atoms with Gasteiger partial charge in [-0.25, -0.2) is 9.37 Å². The van der Waals surface area contributed by atoms with Crippen LogP contribution in [0.2, 0.25) is 0 Å². The number of anilines is 3. The van der Waals surface area contributed by atoms with E-state index in [0.717, 1.165) is 25.4 Å². The van der Waals surface area contributed by atoms with E-state index in [2.05, 4.69) is 20.7 Å². The van der Waals surface area contributed by atoms with Gasteiger partial charge >= 0.3 is 6.18 Å². The number of carbonyl (C=O) groups excluding carboxylic acids is 2. The fourth-order valence-electron chi connectivity index (χ4n) is 3.70. The molecule has 0 aliphatic heterocycles. The second-order valence-corrected chi connectivity index (χ2v) is 8.04. The molecular weight excluding hydrogens is 488 g/mol. The van der Waals surface area contributed by atoms with Crippen LogP contribution in [0, 0.1) is 5.92 Å². The maximum absolute atomic E-state index is 13.3. The number of fused-ring (bicyclic) bond motifs is 1. The van der Waals surface area contributed by atoms with Gasteiger partial charge in [-0.2, -0.15) is 18.3 Å². The topological polar surface area (TPSA) is 130 Å². The Kier molecular flexibility index (Phi) is 5.49. The lowest BCUT2D eigenvalue weighted by molar-refractivity contribution is -0.207. The van der Waals surface area contributed by atoms with E-state index in [1.54, 1.807) is 5.32 Å². The van der Waals surface area contributed by atoms with Crippen molar-refractivity contribution in [2.75, 3.05) is 24.7 Å². The molecule has 2 aromatic heterocycles. The first-order chi connectivity index (χ1) is 18.1. The molecule has 2 amide bonds. The molecule has 1 aliphatic carbocycles. The Balaban J connectivity index is 1.81. The summed E-state index contributed by atoms with van der Waals surface area (Å²) in [5, 5.41) is 21.1. The second kappa shape index (κ2) is 9.26. The van der Waals surface area contributed by atoms with Crippen molar-refractivity contribution >= 4 is 40.0 Å². The number of amides is 2. The van der Waals surface area contributed by atoms with Crippen molar-refractivity contribution in [2.45, 2.75) is 24.9 Å². The van der Waals surface area contributed by atoms with Gasteiger partial charge in [-0.15, -0.1) is 0 Å². The largest absolute Gasteiger partial charge is 0.496 e. The zero-order valence-electron chi connectivity index (χ0n) is 21.8. The zero-order chi connectivity index (χ0) is 28.9. The molecule has 1 aliphatic rings. The third kappa shape index (κ3) is 4.63. The normalized spacial score (nSPS) is 19.6. The second-order valence-electron chi connectivity index (χ2n) is 8.04. The number of halogens is 4. The van der Waals surface area contributed by atoms with E-state index in [9.17, 15) is 32.3 Å². The maximum Gasteiger partial charge on any atom is 0.418 e. The molecular formula is C22H22F4N6O4. The fourth-order valence-corrected chi connectivity index (χ4v) is 3.70. The van der Waals surface area contributed by atoms with Gasteiger partial charge in [0, 0.05) is 36.0 Å². The Morgan fingerprint density at radius 2 is 2.08 bits per heavy atom. The van der Waals surface area contributed by atoms with Crippen LogP contribution in [0.25, 0.3) is 10.9 Å². The quantitative estimate of drug-likeness (QED) is 0.358. The third-order valence-electron chi connectivity index (χ3n) is 5.63. The summed E-state index contributed by atoms with van der Waals surface area (Å²) in [5.74, 6) is -3.20. The van der Waals surface area contributed by atoms with Crippen molar-refractivity contribution in [3.8, 4) is 5.75 Å². The minimum atomic E-state index is -5.00. The lowest BCUT2D eigenvalue weighted by Gasteiger charge is -2.18. The summed E-state index contributed by atoms with van der Waals surface area (Å²) in [5.41, 5.74) is -0.769. The van der Waals surface area contributed by atoms with Crippen LogP contribution in [0.4, 0.5) is 34.9 Å². The molecule has 0 radical (unpaired) electrons. The zero-order valence-corrected chi connectivity index (χ0v) is 18.8. The summed E-state index contributed by atoms with van der Waals surface area (Å²) < 4.78 is 81.7. The van der Waals surface area contributed by atoms with Gasteiger partial charge in [-0.05, 0) is 12.5 Å². The van der Waals surface area contributed by atoms with Gasteiger partial charge in [-0.1, -0.05) is 6.07 Å². The number of alkyl halides is 4.